The summed E-state index contributed by atoms with van der Waals surface area (Å²) in [5.41, 5.74) is 2.97. The lowest BCUT2D eigenvalue weighted by Gasteiger charge is -2.10. The van der Waals surface area contributed by atoms with Gasteiger partial charge in [0.1, 0.15) is 0 Å². The SMILES string of the molecule is Cc1cccc(C(=O)Nc2ccc(C(=O)O)c(Cl)c2)c1C. The van der Waals surface area contributed by atoms with Gasteiger partial charge in [-0.1, -0.05) is 23.7 Å². The average molecular weight is 304 g/mol. The molecule has 0 fully saturated rings. The monoisotopic (exact) mass is 303 g/mol. The number of hydrogen-bond donors (Lipinski definition) is 2. The van der Waals surface area contributed by atoms with E-state index < -0.39 is 5.97 Å². The molecule has 21 heavy (non-hydrogen) atoms. The molecule has 0 heterocycles. The van der Waals surface area contributed by atoms with Crippen molar-refractivity contribution in [2.24, 2.45) is 0 Å². The zero-order chi connectivity index (χ0) is 15.6. The van der Waals surface area contributed by atoms with Crippen LogP contribution < -0.4 is 5.32 Å². The molecule has 0 saturated carbocycles. The number of carboxylic acids is 1. The number of aromatic carboxylic acids is 1. The summed E-state index contributed by atoms with van der Waals surface area (Å²) in [4.78, 5) is 23.1. The second-order valence-electron chi connectivity index (χ2n) is 4.70. The number of nitrogens with one attached hydrogen (secondary N) is 1. The van der Waals surface area contributed by atoms with Crippen molar-refractivity contribution in [1.29, 1.82) is 0 Å². The van der Waals surface area contributed by atoms with Crippen LogP contribution in [0.2, 0.25) is 5.02 Å². The highest BCUT2D eigenvalue weighted by Gasteiger charge is 2.13. The predicted molar refractivity (Wildman–Crippen MR) is 82.3 cm³/mol. The van der Waals surface area contributed by atoms with Gasteiger partial charge in [0.25, 0.3) is 5.91 Å². The van der Waals surface area contributed by atoms with Gasteiger partial charge in [0.15, 0.2) is 0 Å². The van der Waals surface area contributed by atoms with Crippen molar-refractivity contribution in [3.8, 4) is 0 Å². The van der Waals surface area contributed by atoms with E-state index >= 15 is 0 Å². The normalized spacial score (nSPS) is 10.2. The van der Waals surface area contributed by atoms with E-state index in [0.29, 0.717) is 11.3 Å². The van der Waals surface area contributed by atoms with Crippen LogP contribution in [0.4, 0.5) is 5.69 Å². The zero-order valence-electron chi connectivity index (χ0n) is 11.6. The minimum Gasteiger partial charge on any atom is -0.478 e. The van der Waals surface area contributed by atoms with Crippen LogP contribution in [-0.4, -0.2) is 17.0 Å². The highest BCUT2D eigenvalue weighted by Crippen LogP contribution is 2.22. The lowest BCUT2D eigenvalue weighted by Crippen LogP contribution is -2.14. The maximum atomic E-state index is 12.2. The molecule has 5 heteroatoms. The van der Waals surface area contributed by atoms with E-state index in [4.69, 9.17) is 16.7 Å². The Bertz CT molecular complexity index is 725. The van der Waals surface area contributed by atoms with E-state index in [1.165, 1.54) is 18.2 Å². The highest BCUT2D eigenvalue weighted by atomic mass is 35.5. The van der Waals surface area contributed by atoms with Gasteiger partial charge >= 0.3 is 5.97 Å². The van der Waals surface area contributed by atoms with Gasteiger partial charge in [-0.15, -0.1) is 0 Å². The summed E-state index contributed by atoms with van der Waals surface area (Å²) in [7, 11) is 0. The first-order valence-corrected chi connectivity index (χ1v) is 6.68. The fraction of sp³-hybridized carbons (Fsp3) is 0.125. The highest BCUT2D eigenvalue weighted by molar-refractivity contribution is 6.33. The molecule has 0 radical (unpaired) electrons. The van der Waals surface area contributed by atoms with Gasteiger partial charge in [0.2, 0.25) is 0 Å². The van der Waals surface area contributed by atoms with Gasteiger partial charge in [-0.2, -0.15) is 0 Å². The standard InChI is InChI=1S/C16H14ClNO3/c1-9-4-3-5-12(10(9)2)15(19)18-11-6-7-13(16(20)21)14(17)8-11/h3-8H,1-2H3,(H,18,19)(H,20,21). The Morgan fingerprint density at radius 2 is 1.81 bits per heavy atom. The van der Waals surface area contributed by atoms with Crippen LogP contribution in [0.5, 0.6) is 0 Å². The molecule has 0 bridgehead atoms. The first kappa shape index (κ1) is 15.1. The molecule has 0 atom stereocenters. The number of hydrogen-bond acceptors (Lipinski definition) is 2. The van der Waals surface area contributed by atoms with E-state index in [-0.39, 0.29) is 16.5 Å². The van der Waals surface area contributed by atoms with E-state index in [1.807, 2.05) is 26.0 Å². The number of benzene rings is 2. The first-order chi connectivity index (χ1) is 9.90. The third-order valence-corrected chi connectivity index (χ3v) is 3.62. The van der Waals surface area contributed by atoms with Crippen LogP contribution in [0, 0.1) is 13.8 Å². The van der Waals surface area contributed by atoms with E-state index in [9.17, 15) is 9.59 Å². The minimum absolute atomic E-state index is 0.00130. The number of halogens is 1. The Balaban J connectivity index is 2.26. The Morgan fingerprint density at radius 1 is 1.10 bits per heavy atom. The molecule has 0 aromatic heterocycles. The Hall–Kier alpha value is -2.33. The molecule has 108 valence electrons. The van der Waals surface area contributed by atoms with Crippen LogP contribution in [-0.2, 0) is 0 Å². The summed E-state index contributed by atoms with van der Waals surface area (Å²) >= 11 is 5.88. The van der Waals surface area contributed by atoms with Gasteiger partial charge in [-0.05, 0) is 49.2 Å². The van der Waals surface area contributed by atoms with Gasteiger partial charge in [-0.3, -0.25) is 4.79 Å². The summed E-state index contributed by atoms with van der Waals surface area (Å²) in [6.07, 6.45) is 0. The topological polar surface area (TPSA) is 66.4 Å². The minimum atomic E-state index is -1.10. The van der Waals surface area contributed by atoms with Crippen LogP contribution in [0.3, 0.4) is 0 Å². The van der Waals surface area contributed by atoms with Crippen LogP contribution in [0.1, 0.15) is 31.8 Å². The lowest BCUT2D eigenvalue weighted by molar-refractivity contribution is 0.0697. The van der Waals surface area contributed by atoms with E-state index in [1.54, 1.807) is 6.07 Å². The number of anilines is 1. The fourth-order valence-electron chi connectivity index (χ4n) is 1.96. The van der Waals surface area contributed by atoms with Gasteiger partial charge in [0, 0.05) is 11.3 Å². The molecular formula is C16H14ClNO3. The van der Waals surface area contributed by atoms with Crippen molar-refractivity contribution >= 4 is 29.2 Å². The Kier molecular flexibility index (Phi) is 4.29. The summed E-state index contributed by atoms with van der Waals surface area (Å²) in [6, 6.07) is 9.79. The number of carbonyl (C=O) groups excluding carboxylic acids is 1. The van der Waals surface area contributed by atoms with Gasteiger partial charge < -0.3 is 10.4 Å². The second kappa shape index (κ2) is 5.97. The number of aryl methyl sites for hydroxylation is 1. The molecule has 0 saturated heterocycles. The molecule has 2 rings (SSSR count). The van der Waals surface area contributed by atoms with Crippen LogP contribution in [0.15, 0.2) is 36.4 Å². The van der Waals surface area contributed by atoms with Crippen LogP contribution in [0.25, 0.3) is 0 Å². The molecule has 0 unspecified atom stereocenters. The second-order valence-corrected chi connectivity index (χ2v) is 5.11. The van der Waals surface area contributed by atoms with E-state index in [0.717, 1.165) is 11.1 Å². The number of amides is 1. The number of carbonyl (C=O) groups is 2. The summed E-state index contributed by atoms with van der Waals surface area (Å²) in [5, 5.41) is 11.7. The van der Waals surface area contributed by atoms with Gasteiger partial charge in [-0.25, -0.2) is 4.79 Å². The maximum Gasteiger partial charge on any atom is 0.337 e. The fourth-order valence-corrected chi connectivity index (χ4v) is 2.22. The zero-order valence-corrected chi connectivity index (χ0v) is 12.4. The van der Waals surface area contributed by atoms with Crippen molar-refractivity contribution < 1.29 is 14.7 Å². The first-order valence-electron chi connectivity index (χ1n) is 6.30. The third kappa shape index (κ3) is 3.23. The molecule has 0 aliphatic carbocycles. The molecule has 4 nitrogen and oxygen atoms in total. The predicted octanol–water partition coefficient (Wildman–Crippen LogP) is 3.91. The summed E-state index contributed by atoms with van der Waals surface area (Å²) in [5.74, 6) is -1.36. The third-order valence-electron chi connectivity index (χ3n) is 3.31. The van der Waals surface area contributed by atoms with E-state index in [2.05, 4.69) is 5.32 Å². The van der Waals surface area contributed by atoms with Crippen molar-refractivity contribution in [1.82, 2.24) is 0 Å². The van der Waals surface area contributed by atoms with Crippen molar-refractivity contribution in [2.75, 3.05) is 5.32 Å². The molecular weight excluding hydrogens is 290 g/mol. The molecule has 2 aromatic carbocycles. The van der Waals surface area contributed by atoms with Gasteiger partial charge in [0.05, 0.1) is 10.6 Å². The molecule has 2 N–H and O–H groups in total. The molecule has 0 aliphatic heterocycles. The molecule has 0 aliphatic rings. The lowest BCUT2D eigenvalue weighted by atomic mass is 10.0. The average Bonchev–Trinajstić information content (AvgIpc) is 2.41. The number of carboxylic acid groups (broad SMARTS) is 1. The maximum absolute atomic E-state index is 12.2. The Labute approximate surface area is 127 Å². The molecule has 2 aromatic rings. The molecule has 1 amide bonds. The largest absolute Gasteiger partial charge is 0.478 e. The number of rotatable bonds is 3. The summed E-state index contributed by atoms with van der Waals surface area (Å²) in [6.45, 7) is 3.81. The van der Waals surface area contributed by atoms with Crippen molar-refractivity contribution in [3.63, 3.8) is 0 Å². The quantitative estimate of drug-likeness (QED) is 0.903. The van der Waals surface area contributed by atoms with Crippen molar-refractivity contribution in [2.45, 2.75) is 13.8 Å². The Morgan fingerprint density at radius 3 is 2.43 bits per heavy atom. The van der Waals surface area contributed by atoms with Crippen molar-refractivity contribution in [3.05, 3.63) is 63.7 Å². The smallest absolute Gasteiger partial charge is 0.337 e. The molecule has 0 spiro atoms. The summed E-state index contributed by atoms with van der Waals surface area (Å²) < 4.78 is 0. The van der Waals surface area contributed by atoms with Crippen LogP contribution >= 0.6 is 11.6 Å².